The third kappa shape index (κ3) is 2.45. The average Bonchev–Trinajstić information content (AvgIpc) is 2.44. The minimum atomic E-state index is -0.0729. The van der Waals surface area contributed by atoms with Gasteiger partial charge in [-0.25, -0.2) is 0 Å². The average molecular weight is 277 g/mol. The van der Waals surface area contributed by atoms with E-state index in [0.717, 1.165) is 32.1 Å². The predicted molar refractivity (Wildman–Crippen MR) is 82.1 cm³/mol. The second kappa shape index (κ2) is 6.15. The Morgan fingerprint density at radius 1 is 1.30 bits per heavy atom. The lowest BCUT2D eigenvalue weighted by molar-refractivity contribution is 0.0369. The van der Waals surface area contributed by atoms with E-state index >= 15 is 0 Å². The fourth-order valence-corrected chi connectivity index (χ4v) is 3.93. The maximum Gasteiger partial charge on any atom is 0.115 e. The van der Waals surface area contributed by atoms with Gasteiger partial charge in [-0.05, 0) is 36.1 Å². The van der Waals surface area contributed by atoms with E-state index in [1.54, 1.807) is 13.2 Å². The Morgan fingerprint density at radius 3 is 2.50 bits per heavy atom. The van der Waals surface area contributed by atoms with Crippen LogP contribution >= 0.6 is 0 Å². The molecule has 0 unspecified atom stereocenters. The Hall–Kier alpha value is -1.06. The Balaban J connectivity index is 2.57. The van der Waals surface area contributed by atoms with Crippen molar-refractivity contribution in [1.82, 2.24) is 0 Å². The predicted octanol–water partition coefficient (Wildman–Crippen LogP) is 3.13. The van der Waals surface area contributed by atoms with Gasteiger partial charge < -0.3 is 15.6 Å². The highest BCUT2D eigenvalue weighted by atomic mass is 16.5. The number of phenolic OH excluding ortho intramolecular Hbond substituents is 1. The standard InChI is InChI=1S/C17H27NO2/c1-4-8-17(9-5-2)14-11-13(19)7-6-12(14)10-15(20-3)16(17)18/h6-7,11,15-16,19H,4-5,8-10,18H2,1-3H3/t15-,16+/m0/s1. The van der Waals surface area contributed by atoms with E-state index in [9.17, 15) is 5.11 Å². The molecule has 0 saturated carbocycles. The summed E-state index contributed by atoms with van der Waals surface area (Å²) in [5, 5.41) is 9.89. The van der Waals surface area contributed by atoms with Crippen LogP contribution < -0.4 is 5.73 Å². The van der Waals surface area contributed by atoms with Crippen molar-refractivity contribution in [2.24, 2.45) is 5.73 Å². The van der Waals surface area contributed by atoms with Gasteiger partial charge >= 0.3 is 0 Å². The molecule has 3 N–H and O–H groups in total. The molecule has 0 fully saturated rings. The van der Waals surface area contributed by atoms with Gasteiger partial charge in [-0.15, -0.1) is 0 Å². The Kier molecular flexibility index (Phi) is 4.71. The van der Waals surface area contributed by atoms with Crippen molar-refractivity contribution < 1.29 is 9.84 Å². The van der Waals surface area contributed by atoms with Gasteiger partial charge in [0, 0.05) is 25.0 Å². The number of fused-ring (bicyclic) bond motifs is 1. The van der Waals surface area contributed by atoms with E-state index in [0.29, 0.717) is 5.75 Å². The van der Waals surface area contributed by atoms with E-state index in [1.165, 1.54) is 11.1 Å². The van der Waals surface area contributed by atoms with Crippen LogP contribution in [0.5, 0.6) is 5.75 Å². The second-order valence-electron chi connectivity index (χ2n) is 6.00. The molecule has 1 aliphatic rings. The van der Waals surface area contributed by atoms with Crippen LogP contribution in [0.25, 0.3) is 0 Å². The lowest BCUT2D eigenvalue weighted by Crippen LogP contribution is -2.57. The van der Waals surface area contributed by atoms with Crippen molar-refractivity contribution in [2.75, 3.05) is 7.11 Å². The lowest BCUT2D eigenvalue weighted by Gasteiger charge is -2.47. The quantitative estimate of drug-likeness (QED) is 0.869. The molecule has 0 heterocycles. The summed E-state index contributed by atoms with van der Waals surface area (Å²) in [6, 6.07) is 5.71. The molecule has 3 heteroatoms. The van der Waals surface area contributed by atoms with Gasteiger partial charge in [-0.3, -0.25) is 0 Å². The molecular weight excluding hydrogens is 250 g/mol. The minimum absolute atomic E-state index is 0.0123. The largest absolute Gasteiger partial charge is 0.508 e. The molecule has 20 heavy (non-hydrogen) atoms. The number of rotatable bonds is 5. The molecule has 3 nitrogen and oxygen atoms in total. The molecule has 1 aromatic rings. The molecule has 0 aromatic heterocycles. The van der Waals surface area contributed by atoms with Crippen molar-refractivity contribution in [1.29, 1.82) is 0 Å². The van der Waals surface area contributed by atoms with Crippen molar-refractivity contribution in [3.8, 4) is 5.75 Å². The number of benzene rings is 1. The van der Waals surface area contributed by atoms with Crippen molar-refractivity contribution in [3.63, 3.8) is 0 Å². The Bertz CT molecular complexity index is 452. The molecule has 0 aliphatic heterocycles. The summed E-state index contributed by atoms with van der Waals surface area (Å²) >= 11 is 0. The molecule has 2 rings (SSSR count). The van der Waals surface area contributed by atoms with E-state index in [-0.39, 0.29) is 17.6 Å². The van der Waals surface area contributed by atoms with Crippen LogP contribution in [0.4, 0.5) is 0 Å². The highest BCUT2D eigenvalue weighted by Crippen LogP contribution is 2.45. The number of nitrogens with two attached hydrogens (primary N) is 1. The summed E-state index contributed by atoms with van der Waals surface area (Å²) in [7, 11) is 1.75. The van der Waals surface area contributed by atoms with Crippen molar-refractivity contribution >= 4 is 0 Å². The third-order valence-electron chi connectivity index (χ3n) is 4.78. The van der Waals surface area contributed by atoms with Gasteiger partial charge in [0.25, 0.3) is 0 Å². The number of phenols is 1. The molecule has 0 saturated heterocycles. The summed E-state index contributed by atoms with van der Waals surface area (Å²) in [5.74, 6) is 0.336. The van der Waals surface area contributed by atoms with E-state index in [1.807, 2.05) is 12.1 Å². The molecule has 0 bridgehead atoms. The van der Waals surface area contributed by atoms with Gasteiger partial charge in [0.1, 0.15) is 5.75 Å². The second-order valence-corrected chi connectivity index (χ2v) is 6.00. The first-order valence-electron chi connectivity index (χ1n) is 7.69. The smallest absolute Gasteiger partial charge is 0.115 e. The van der Waals surface area contributed by atoms with Gasteiger partial charge in [-0.2, -0.15) is 0 Å². The molecule has 112 valence electrons. The van der Waals surface area contributed by atoms with Crippen LogP contribution in [0, 0.1) is 0 Å². The van der Waals surface area contributed by atoms with Gasteiger partial charge in [0.2, 0.25) is 0 Å². The van der Waals surface area contributed by atoms with Crippen molar-refractivity contribution in [3.05, 3.63) is 29.3 Å². The highest BCUT2D eigenvalue weighted by molar-refractivity contribution is 5.44. The van der Waals surface area contributed by atoms with E-state index < -0.39 is 0 Å². The Morgan fingerprint density at radius 2 is 1.95 bits per heavy atom. The van der Waals surface area contributed by atoms with Crippen LogP contribution in [-0.2, 0) is 16.6 Å². The summed E-state index contributed by atoms with van der Waals surface area (Å²) in [5.41, 5.74) is 9.04. The fourth-order valence-electron chi connectivity index (χ4n) is 3.93. The molecule has 1 aliphatic carbocycles. The zero-order valence-electron chi connectivity index (χ0n) is 12.9. The number of aromatic hydroxyl groups is 1. The van der Waals surface area contributed by atoms with Crippen LogP contribution in [0.3, 0.4) is 0 Å². The van der Waals surface area contributed by atoms with E-state index in [2.05, 4.69) is 13.8 Å². The van der Waals surface area contributed by atoms with Gasteiger partial charge in [0.05, 0.1) is 6.10 Å². The minimum Gasteiger partial charge on any atom is -0.508 e. The molecule has 0 amide bonds. The lowest BCUT2D eigenvalue weighted by atomic mass is 9.61. The van der Waals surface area contributed by atoms with Crippen LogP contribution in [0.15, 0.2) is 18.2 Å². The molecule has 2 atom stereocenters. The summed E-state index contributed by atoms with van der Waals surface area (Å²) < 4.78 is 5.65. The number of hydrogen-bond donors (Lipinski definition) is 2. The van der Waals surface area contributed by atoms with Crippen LogP contribution in [-0.4, -0.2) is 24.4 Å². The molecule has 0 spiro atoms. The SMILES string of the molecule is CCCC1(CCC)c2cc(O)ccc2C[C@H](OC)[C@H]1N. The van der Waals surface area contributed by atoms with Crippen molar-refractivity contribution in [2.45, 2.75) is 63.5 Å². The maximum absolute atomic E-state index is 9.89. The summed E-state index contributed by atoms with van der Waals surface area (Å²) in [6.07, 6.45) is 5.14. The molecule has 0 radical (unpaired) electrons. The number of methoxy groups -OCH3 is 1. The first-order chi connectivity index (χ1) is 9.58. The topological polar surface area (TPSA) is 55.5 Å². The van der Waals surface area contributed by atoms with E-state index in [4.69, 9.17) is 10.5 Å². The van der Waals surface area contributed by atoms with Crippen LogP contribution in [0.1, 0.15) is 50.7 Å². The first-order valence-corrected chi connectivity index (χ1v) is 7.69. The molecule has 1 aromatic carbocycles. The molecular formula is C17H27NO2. The number of hydrogen-bond acceptors (Lipinski definition) is 3. The highest BCUT2D eigenvalue weighted by Gasteiger charge is 2.46. The third-order valence-corrected chi connectivity index (χ3v) is 4.78. The summed E-state index contributed by atoms with van der Waals surface area (Å²) in [6.45, 7) is 4.39. The monoisotopic (exact) mass is 277 g/mol. The zero-order valence-corrected chi connectivity index (χ0v) is 12.9. The maximum atomic E-state index is 9.89. The van der Waals surface area contributed by atoms with Gasteiger partial charge in [-0.1, -0.05) is 32.8 Å². The Labute approximate surface area is 122 Å². The first kappa shape index (κ1) is 15.3. The summed E-state index contributed by atoms with van der Waals surface area (Å²) in [4.78, 5) is 0. The van der Waals surface area contributed by atoms with Gasteiger partial charge in [0.15, 0.2) is 0 Å². The van der Waals surface area contributed by atoms with Crippen LogP contribution in [0.2, 0.25) is 0 Å². The number of ether oxygens (including phenoxy) is 1. The zero-order chi connectivity index (χ0) is 14.8. The fraction of sp³-hybridized carbons (Fsp3) is 0.647. The normalized spacial score (nSPS) is 24.4.